The van der Waals surface area contributed by atoms with Crippen LogP contribution in [0.25, 0.3) is 6.08 Å². The van der Waals surface area contributed by atoms with Gasteiger partial charge in [-0.15, -0.1) is 0 Å². The summed E-state index contributed by atoms with van der Waals surface area (Å²) in [6, 6.07) is 14.4. The highest BCUT2D eigenvalue weighted by Crippen LogP contribution is 2.17. The molecule has 0 unspecified atom stereocenters. The first-order chi connectivity index (χ1) is 11.0. The van der Waals surface area contributed by atoms with Crippen LogP contribution in [0.1, 0.15) is 15.9 Å². The highest BCUT2D eigenvalue weighted by Gasteiger charge is 2.13. The summed E-state index contributed by atoms with van der Waals surface area (Å²) in [5, 5.41) is 21.3. The van der Waals surface area contributed by atoms with Crippen LogP contribution in [0, 0.1) is 11.3 Å². The van der Waals surface area contributed by atoms with Crippen molar-refractivity contribution in [1.29, 1.82) is 5.26 Å². The Bertz CT molecular complexity index is 838. The summed E-state index contributed by atoms with van der Waals surface area (Å²) in [4.78, 5) is 23.3. The summed E-state index contributed by atoms with van der Waals surface area (Å²) in [5.74, 6) is -1.78. The van der Waals surface area contributed by atoms with Crippen molar-refractivity contribution in [2.75, 3.05) is 5.32 Å². The van der Waals surface area contributed by atoms with Gasteiger partial charge in [0.15, 0.2) is 0 Å². The van der Waals surface area contributed by atoms with Crippen molar-refractivity contribution in [2.45, 2.75) is 0 Å². The first-order valence-corrected chi connectivity index (χ1v) is 6.90. The Morgan fingerprint density at radius 3 is 2.57 bits per heavy atom. The number of aromatic carboxylic acids is 1. The van der Waals surface area contributed by atoms with E-state index in [2.05, 4.69) is 5.32 Å². The monoisotopic (exact) mass is 326 g/mol. The summed E-state index contributed by atoms with van der Waals surface area (Å²) in [6.07, 6.45) is 1.24. The molecule has 2 rings (SSSR count). The molecule has 0 atom stereocenters. The van der Waals surface area contributed by atoms with Crippen LogP contribution in [0.3, 0.4) is 0 Å². The SMILES string of the molecule is N#C/C(=C\c1ccccc1C(=O)O)C(=O)Nc1cccc(Cl)c1. The second-order valence-electron chi connectivity index (χ2n) is 4.53. The van der Waals surface area contributed by atoms with Crippen LogP contribution in [0.4, 0.5) is 5.69 Å². The van der Waals surface area contributed by atoms with Crippen molar-refractivity contribution >= 4 is 35.2 Å². The van der Waals surface area contributed by atoms with Crippen LogP contribution in [-0.2, 0) is 4.79 Å². The average Bonchev–Trinajstić information content (AvgIpc) is 2.52. The van der Waals surface area contributed by atoms with Gasteiger partial charge in [0.05, 0.1) is 5.56 Å². The molecule has 5 nitrogen and oxygen atoms in total. The molecule has 1 amide bonds. The number of benzene rings is 2. The fraction of sp³-hybridized carbons (Fsp3) is 0. The summed E-state index contributed by atoms with van der Waals surface area (Å²) in [6.45, 7) is 0. The standard InChI is InChI=1S/C17H11ClN2O3/c18-13-5-3-6-14(9-13)20-16(21)12(10-19)8-11-4-1-2-7-15(11)17(22)23/h1-9H,(H,20,21)(H,22,23)/b12-8+. The van der Waals surface area contributed by atoms with E-state index in [1.54, 1.807) is 42.5 Å². The van der Waals surface area contributed by atoms with E-state index >= 15 is 0 Å². The summed E-state index contributed by atoms with van der Waals surface area (Å²) >= 11 is 5.83. The third-order valence-corrected chi connectivity index (χ3v) is 3.17. The number of carboxylic acid groups (broad SMARTS) is 1. The number of carboxylic acids is 1. The molecule has 2 N–H and O–H groups in total. The van der Waals surface area contributed by atoms with Gasteiger partial charge in [0.1, 0.15) is 11.6 Å². The number of rotatable bonds is 4. The largest absolute Gasteiger partial charge is 0.478 e. The molecule has 6 heteroatoms. The lowest BCUT2D eigenvalue weighted by Crippen LogP contribution is -2.13. The maximum atomic E-state index is 12.1. The van der Waals surface area contributed by atoms with Gasteiger partial charge < -0.3 is 10.4 Å². The van der Waals surface area contributed by atoms with Gasteiger partial charge in [-0.1, -0.05) is 35.9 Å². The number of amides is 1. The number of carbonyl (C=O) groups excluding carboxylic acids is 1. The highest BCUT2D eigenvalue weighted by atomic mass is 35.5. The van der Waals surface area contributed by atoms with Gasteiger partial charge in [0.25, 0.3) is 5.91 Å². The quantitative estimate of drug-likeness (QED) is 0.663. The lowest BCUT2D eigenvalue weighted by Gasteiger charge is -2.05. The Labute approximate surface area is 137 Å². The Morgan fingerprint density at radius 2 is 1.91 bits per heavy atom. The van der Waals surface area contributed by atoms with Crippen LogP contribution in [0.15, 0.2) is 54.1 Å². The van der Waals surface area contributed by atoms with Crippen LogP contribution < -0.4 is 5.32 Å². The second-order valence-corrected chi connectivity index (χ2v) is 4.96. The lowest BCUT2D eigenvalue weighted by molar-refractivity contribution is -0.112. The van der Waals surface area contributed by atoms with Crippen LogP contribution in [0.2, 0.25) is 5.02 Å². The maximum Gasteiger partial charge on any atom is 0.336 e. The number of anilines is 1. The maximum absolute atomic E-state index is 12.1. The minimum absolute atomic E-state index is 0.0100. The molecule has 2 aromatic carbocycles. The van der Waals surface area contributed by atoms with Crippen molar-refractivity contribution in [1.82, 2.24) is 0 Å². The molecule has 0 heterocycles. The summed E-state index contributed by atoms with van der Waals surface area (Å²) < 4.78 is 0. The molecule has 2 aromatic rings. The molecule has 23 heavy (non-hydrogen) atoms. The number of hydrogen-bond donors (Lipinski definition) is 2. The molecular weight excluding hydrogens is 316 g/mol. The Morgan fingerprint density at radius 1 is 1.17 bits per heavy atom. The average molecular weight is 327 g/mol. The van der Waals surface area contributed by atoms with Gasteiger partial charge in [-0.25, -0.2) is 4.79 Å². The predicted octanol–water partition coefficient (Wildman–Crippen LogP) is 3.58. The normalized spacial score (nSPS) is 10.7. The van der Waals surface area contributed by atoms with Gasteiger partial charge in [-0.05, 0) is 35.9 Å². The third kappa shape index (κ3) is 4.19. The van der Waals surface area contributed by atoms with Crippen molar-refractivity contribution in [3.63, 3.8) is 0 Å². The number of nitriles is 1. The first kappa shape index (κ1) is 16.3. The van der Waals surface area contributed by atoms with Gasteiger partial charge in [0.2, 0.25) is 0 Å². The molecular formula is C17H11ClN2O3. The molecule has 0 spiro atoms. The van der Waals surface area contributed by atoms with E-state index in [1.165, 1.54) is 18.2 Å². The molecule has 0 saturated heterocycles. The fourth-order valence-electron chi connectivity index (χ4n) is 1.89. The first-order valence-electron chi connectivity index (χ1n) is 6.52. The molecule has 0 radical (unpaired) electrons. The topological polar surface area (TPSA) is 90.2 Å². The molecule has 114 valence electrons. The van der Waals surface area contributed by atoms with E-state index < -0.39 is 11.9 Å². The van der Waals surface area contributed by atoms with Crippen LogP contribution in [-0.4, -0.2) is 17.0 Å². The third-order valence-electron chi connectivity index (χ3n) is 2.94. The molecule has 0 aliphatic rings. The molecule has 0 bridgehead atoms. The zero-order valence-electron chi connectivity index (χ0n) is 11.8. The van der Waals surface area contributed by atoms with E-state index in [4.69, 9.17) is 22.0 Å². The lowest BCUT2D eigenvalue weighted by atomic mass is 10.0. The number of halogens is 1. The van der Waals surface area contributed by atoms with E-state index in [1.807, 2.05) is 0 Å². The van der Waals surface area contributed by atoms with Gasteiger partial charge >= 0.3 is 5.97 Å². The molecule has 0 aromatic heterocycles. The zero-order valence-corrected chi connectivity index (χ0v) is 12.5. The van der Waals surface area contributed by atoms with E-state index in [0.29, 0.717) is 10.7 Å². The number of nitrogens with zero attached hydrogens (tertiary/aromatic N) is 1. The van der Waals surface area contributed by atoms with E-state index in [0.717, 1.165) is 0 Å². The minimum Gasteiger partial charge on any atom is -0.478 e. The molecule has 0 aliphatic carbocycles. The van der Waals surface area contributed by atoms with Gasteiger partial charge in [-0.2, -0.15) is 5.26 Å². The number of nitrogens with one attached hydrogen (secondary N) is 1. The van der Waals surface area contributed by atoms with Gasteiger partial charge in [-0.3, -0.25) is 4.79 Å². The minimum atomic E-state index is -1.13. The summed E-state index contributed by atoms with van der Waals surface area (Å²) in [5.41, 5.74) is 0.516. The van der Waals surface area contributed by atoms with E-state index in [9.17, 15) is 9.59 Å². The Balaban J connectivity index is 2.31. The van der Waals surface area contributed by atoms with Crippen LogP contribution >= 0.6 is 11.6 Å². The smallest absolute Gasteiger partial charge is 0.336 e. The molecule has 0 fully saturated rings. The predicted molar refractivity (Wildman–Crippen MR) is 87.1 cm³/mol. The summed E-state index contributed by atoms with van der Waals surface area (Å²) in [7, 11) is 0. The van der Waals surface area contributed by atoms with E-state index in [-0.39, 0.29) is 16.7 Å². The van der Waals surface area contributed by atoms with Crippen molar-refractivity contribution < 1.29 is 14.7 Å². The van der Waals surface area contributed by atoms with Crippen molar-refractivity contribution in [3.8, 4) is 6.07 Å². The van der Waals surface area contributed by atoms with Crippen molar-refractivity contribution in [2.24, 2.45) is 0 Å². The number of hydrogen-bond acceptors (Lipinski definition) is 3. The number of carbonyl (C=O) groups is 2. The highest BCUT2D eigenvalue weighted by molar-refractivity contribution is 6.31. The molecule has 0 saturated carbocycles. The van der Waals surface area contributed by atoms with Crippen LogP contribution in [0.5, 0.6) is 0 Å². The molecule has 0 aliphatic heterocycles. The van der Waals surface area contributed by atoms with Gasteiger partial charge in [0, 0.05) is 10.7 Å². The fourth-order valence-corrected chi connectivity index (χ4v) is 2.08. The second kappa shape index (κ2) is 7.25. The Hall–Kier alpha value is -3.10. The Kier molecular flexibility index (Phi) is 5.13. The zero-order chi connectivity index (χ0) is 16.8. The van der Waals surface area contributed by atoms with Crippen molar-refractivity contribution in [3.05, 3.63) is 70.3 Å².